The van der Waals surface area contributed by atoms with E-state index in [9.17, 15) is 9.59 Å². The Kier molecular flexibility index (Phi) is 12.5. The molecule has 128 valence electrons. The van der Waals surface area contributed by atoms with Gasteiger partial charge < -0.3 is 9.47 Å². The van der Waals surface area contributed by atoms with Crippen LogP contribution >= 0.6 is 0 Å². The standard InChI is InChI=1S/C18H32O4/c1-5-9-11-13-15(17(19)21-7-3)16(14-12-10-6-2)18(20)22-8-4/h5-14H2,1-4H3/b16-15-. The topological polar surface area (TPSA) is 52.6 Å². The molecule has 0 amide bonds. The van der Waals surface area contributed by atoms with E-state index >= 15 is 0 Å². The molecule has 0 aliphatic heterocycles. The SMILES string of the molecule is CCCCC/C(C(=O)OCC)=C(\CCCCC)C(=O)OCC. The van der Waals surface area contributed by atoms with Crippen molar-refractivity contribution in [3.63, 3.8) is 0 Å². The third-order valence-corrected chi connectivity index (χ3v) is 3.47. The van der Waals surface area contributed by atoms with E-state index in [1.165, 1.54) is 0 Å². The van der Waals surface area contributed by atoms with Crippen LogP contribution in [0, 0.1) is 0 Å². The molecule has 0 aliphatic rings. The van der Waals surface area contributed by atoms with Crippen LogP contribution in [0.1, 0.15) is 79.1 Å². The highest BCUT2D eigenvalue weighted by Gasteiger charge is 2.22. The smallest absolute Gasteiger partial charge is 0.334 e. The summed E-state index contributed by atoms with van der Waals surface area (Å²) < 4.78 is 10.3. The van der Waals surface area contributed by atoms with Gasteiger partial charge in [0.25, 0.3) is 0 Å². The largest absolute Gasteiger partial charge is 0.463 e. The van der Waals surface area contributed by atoms with Crippen LogP contribution in [-0.4, -0.2) is 25.2 Å². The summed E-state index contributed by atoms with van der Waals surface area (Å²) in [5.41, 5.74) is 1.04. The molecule has 0 N–H and O–H groups in total. The third-order valence-electron chi connectivity index (χ3n) is 3.47. The molecule has 0 atom stereocenters. The lowest BCUT2D eigenvalue weighted by Gasteiger charge is -2.14. The normalized spacial score (nSPS) is 11.8. The van der Waals surface area contributed by atoms with Crippen molar-refractivity contribution in [1.82, 2.24) is 0 Å². The van der Waals surface area contributed by atoms with Crippen molar-refractivity contribution in [2.24, 2.45) is 0 Å². The van der Waals surface area contributed by atoms with Gasteiger partial charge in [-0.05, 0) is 39.5 Å². The second-order valence-corrected chi connectivity index (χ2v) is 5.31. The van der Waals surface area contributed by atoms with Crippen LogP contribution in [0.15, 0.2) is 11.1 Å². The Balaban J connectivity index is 5.28. The molecule has 0 unspecified atom stereocenters. The van der Waals surface area contributed by atoms with Gasteiger partial charge in [-0.15, -0.1) is 0 Å². The second kappa shape index (κ2) is 13.4. The first kappa shape index (κ1) is 20.7. The maximum atomic E-state index is 12.2. The zero-order chi connectivity index (χ0) is 16.8. The fourth-order valence-electron chi connectivity index (χ4n) is 2.29. The van der Waals surface area contributed by atoms with E-state index in [0.29, 0.717) is 37.2 Å². The minimum atomic E-state index is -0.363. The van der Waals surface area contributed by atoms with Gasteiger partial charge in [-0.25, -0.2) is 9.59 Å². The Morgan fingerprint density at radius 1 is 0.636 bits per heavy atom. The lowest BCUT2D eigenvalue weighted by atomic mass is 9.97. The predicted molar refractivity (Wildman–Crippen MR) is 88.6 cm³/mol. The highest BCUT2D eigenvalue weighted by molar-refractivity contribution is 6.00. The van der Waals surface area contributed by atoms with Crippen LogP contribution < -0.4 is 0 Å². The first-order valence-corrected chi connectivity index (χ1v) is 8.68. The molecule has 0 heterocycles. The summed E-state index contributed by atoms with van der Waals surface area (Å²) in [5, 5.41) is 0. The van der Waals surface area contributed by atoms with E-state index in [4.69, 9.17) is 9.47 Å². The number of rotatable bonds is 12. The molecule has 0 aromatic rings. The summed E-state index contributed by atoms with van der Waals surface area (Å²) in [4.78, 5) is 24.5. The first-order valence-electron chi connectivity index (χ1n) is 8.68. The number of esters is 2. The monoisotopic (exact) mass is 312 g/mol. The molecule has 0 saturated carbocycles. The Hall–Kier alpha value is -1.32. The van der Waals surface area contributed by atoms with Crippen molar-refractivity contribution in [2.75, 3.05) is 13.2 Å². The highest BCUT2D eigenvalue weighted by Crippen LogP contribution is 2.22. The molecule has 4 nitrogen and oxygen atoms in total. The summed E-state index contributed by atoms with van der Waals surface area (Å²) >= 11 is 0. The molecule has 4 heteroatoms. The molecule has 0 aromatic carbocycles. The van der Waals surface area contributed by atoms with E-state index < -0.39 is 0 Å². The van der Waals surface area contributed by atoms with Gasteiger partial charge in [0.15, 0.2) is 0 Å². The Bertz CT molecular complexity index is 324. The fourth-order valence-corrected chi connectivity index (χ4v) is 2.29. The minimum absolute atomic E-state index is 0.321. The van der Waals surface area contributed by atoms with E-state index in [-0.39, 0.29) is 11.9 Å². The summed E-state index contributed by atoms with van der Waals surface area (Å²) in [5.74, 6) is -0.726. The summed E-state index contributed by atoms with van der Waals surface area (Å²) in [6.07, 6.45) is 7.17. The molecule has 0 aliphatic carbocycles. The number of ether oxygens (including phenoxy) is 2. The molecular formula is C18H32O4. The van der Waals surface area contributed by atoms with Crippen molar-refractivity contribution in [3.8, 4) is 0 Å². The van der Waals surface area contributed by atoms with E-state index in [2.05, 4.69) is 13.8 Å². The Morgan fingerprint density at radius 3 is 1.27 bits per heavy atom. The van der Waals surface area contributed by atoms with Gasteiger partial charge >= 0.3 is 11.9 Å². The lowest BCUT2D eigenvalue weighted by molar-refractivity contribution is -0.142. The van der Waals surface area contributed by atoms with Crippen LogP contribution in [0.5, 0.6) is 0 Å². The van der Waals surface area contributed by atoms with Crippen molar-refractivity contribution in [1.29, 1.82) is 0 Å². The number of hydrogen-bond acceptors (Lipinski definition) is 4. The van der Waals surface area contributed by atoms with Gasteiger partial charge in [-0.3, -0.25) is 0 Å². The van der Waals surface area contributed by atoms with Crippen LogP contribution in [0.2, 0.25) is 0 Å². The summed E-state index contributed by atoms with van der Waals surface area (Å²) in [6.45, 7) is 8.43. The van der Waals surface area contributed by atoms with Crippen molar-refractivity contribution in [2.45, 2.75) is 79.1 Å². The van der Waals surface area contributed by atoms with Gasteiger partial charge in [0.05, 0.1) is 13.2 Å². The zero-order valence-corrected chi connectivity index (χ0v) is 14.7. The number of carbonyl (C=O) groups is 2. The van der Waals surface area contributed by atoms with Gasteiger partial charge in [0.2, 0.25) is 0 Å². The quantitative estimate of drug-likeness (QED) is 0.301. The van der Waals surface area contributed by atoms with Crippen LogP contribution in [0.4, 0.5) is 0 Å². The van der Waals surface area contributed by atoms with Gasteiger partial charge in [0.1, 0.15) is 0 Å². The van der Waals surface area contributed by atoms with E-state index in [0.717, 1.165) is 38.5 Å². The summed E-state index contributed by atoms with van der Waals surface area (Å²) in [6, 6.07) is 0. The molecule has 0 bridgehead atoms. The van der Waals surface area contributed by atoms with Crippen LogP contribution in [-0.2, 0) is 19.1 Å². The number of hydrogen-bond donors (Lipinski definition) is 0. The molecular weight excluding hydrogens is 280 g/mol. The zero-order valence-electron chi connectivity index (χ0n) is 14.7. The molecule has 0 spiro atoms. The van der Waals surface area contributed by atoms with Crippen molar-refractivity contribution in [3.05, 3.63) is 11.1 Å². The molecule has 0 radical (unpaired) electrons. The van der Waals surface area contributed by atoms with Crippen LogP contribution in [0.3, 0.4) is 0 Å². The Labute approximate surface area is 135 Å². The van der Waals surface area contributed by atoms with Crippen molar-refractivity contribution < 1.29 is 19.1 Å². The van der Waals surface area contributed by atoms with Gasteiger partial charge in [-0.2, -0.15) is 0 Å². The van der Waals surface area contributed by atoms with Crippen molar-refractivity contribution >= 4 is 11.9 Å². The molecule has 0 aromatic heterocycles. The van der Waals surface area contributed by atoms with E-state index in [1.807, 2.05) is 0 Å². The third kappa shape index (κ3) is 8.20. The molecule has 22 heavy (non-hydrogen) atoms. The maximum absolute atomic E-state index is 12.2. The lowest BCUT2D eigenvalue weighted by Crippen LogP contribution is -2.17. The van der Waals surface area contributed by atoms with Gasteiger partial charge in [0, 0.05) is 11.1 Å². The first-order chi connectivity index (χ1) is 10.6. The highest BCUT2D eigenvalue weighted by atomic mass is 16.5. The van der Waals surface area contributed by atoms with Gasteiger partial charge in [-0.1, -0.05) is 39.5 Å². The maximum Gasteiger partial charge on any atom is 0.334 e. The number of carbonyl (C=O) groups excluding carboxylic acids is 2. The summed E-state index contributed by atoms with van der Waals surface area (Å²) in [7, 11) is 0. The second-order valence-electron chi connectivity index (χ2n) is 5.31. The van der Waals surface area contributed by atoms with Crippen LogP contribution in [0.25, 0.3) is 0 Å². The number of unbranched alkanes of at least 4 members (excludes halogenated alkanes) is 4. The fraction of sp³-hybridized carbons (Fsp3) is 0.778. The average molecular weight is 312 g/mol. The Morgan fingerprint density at radius 2 is 1.00 bits per heavy atom. The van der Waals surface area contributed by atoms with E-state index in [1.54, 1.807) is 13.8 Å². The average Bonchev–Trinajstić information content (AvgIpc) is 2.49. The molecule has 0 rings (SSSR count). The molecule has 0 saturated heterocycles. The predicted octanol–water partition coefficient (Wildman–Crippen LogP) is 4.57. The molecule has 0 fully saturated rings. The minimum Gasteiger partial charge on any atom is -0.463 e.